The van der Waals surface area contributed by atoms with E-state index in [0.29, 0.717) is 19.0 Å². The van der Waals surface area contributed by atoms with Crippen molar-refractivity contribution in [2.45, 2.75) is 6.92 Å². The van der Waals surface area contributed by atoms with Gasteiger partial charge in [-0.25, -0.2) is 9.78 Å². The lowest BCUT2D eigenvalue weighted by molar-refractivity contribution is -0.141. The average molecular weight is 322 g/mol. The molecule has 0 radical (unpaired) electrons. The lowest BCUT2D eigenvalue weighted by atomic mass is 10.2. The molecule has 8 nitrogen and oxygen atoms in total. The lowest BCUT2D eigenvalue weighted by Crippen LogP contribution is -2.37. The van der Waals surface area contributed by atoms with Crippen LogP contribution in [-0.2, 0) is 9.53 Å². The molecule has 0 bridgehead atoms. The Balaban J connectivity index is 1.89. The second kappa shape index (κ2) is 7.77. The third-order valence-corrected chi connectivity index (χ3v) is 3.68. The summed E-state index contributed by atoms with van der Waals surface area (Å²) in [5.74, 6) is -1.12. The highest BCUT2D eigenvalue weighted by Gasteiger charge is 2.18. The van der Waals surface area contributed by atoms with Crippen LogP contribution >= 0.6 is 0 Å². The number of anilines is 2. The van der Waals surface area contributed by atoms with E-state index in [2.05, 4.69) is 15.2 Å². The minimum atomic E-state index is -0.933. The van der Waals surface area contributed by atoms with Crippen molar-refractivity contribution < 1.29 is 19.4 Å². The first-order valence-corrected chi connectivity index (χ1v) is 7.51. The molecule has 1 aromatic heterocycles. The SMILES string of the molecule is CC(CN(C)C(=O)Nc1ccc(N2CCOCC2)cn1)C(=O)O. The van der Waals surface area contributed by atoms with E-state index in [0.717, 1.165) is 18.8 Å². The standard InChI is InChI=1S/C15H22N4O4/c1-11(14(20)21)10-18(2)15(22)17-13-4-3-12(9-16-13)19-5-7-23-8-6-19/h3-4,9,11H,5-8,10H2,1-2H3,(H,20,21)(H,16,17,22). The number of nitrogens with one attached hydrogen (secondary N) is 1. The first-order valence-electron chi connectivity index (χ1n) is 7.51. The summed E-state index contributed by atoms with van der Waals surface area (Å²) in [7, 11) is 1.55. The van der Waals surface area contributed by atoms with Gasteiger partial charge in [-0.05, 0) is 12.1 Å². The number of carbonyl (C=O) groups is 2. The van der Waals surface area contributed by atoms with E-state index in [1.165, 1.54) is 4.90 Å². The van der Waals surface area contributed by atoms with Crippen LogP contribution in [-0.4, -0.2) is 66.9 Å². The average Bonchev–Trinajstić information content (AvgIpc) is 2.56. The van der Waals surface area contributed by atoms with E-state index >= 15 is 0 Å². The van der Waals surface area contributed by atoms with E-state index in [1.807, 2.05) is 6.07 Å². The molecular weight excluding hydrogens is 300 g/mol. The lowest BCUT2D eigenvalue weighted by Gasteiger charge is -2.28. The molecule has 0 aromatic carbocycles. The normalized spacial score (nSPS) is 15.8. The predicted molar refractivity (Wildman–Crippen MR) is 85.7 cm³/mol. The fourth-order valence-corrected chi connectivity index (χ4v) is 2.25. The molecule has 126 valence electrons. The van der Waals surface area contributed by atoms with Gasteiger partial charge in [-0.3, -0.25) is 10.1 Å². The number of carboxylic acid groups (broad SMARTS) is 1. The van der Waals surface area contributed by atoms with Crippen LogP contribution < -0.4 is 10.2 Å². The number of rotatable bonds is 5. The van der Waals surface area contributed by atoms with Crippen molar-refractivity contribution in [3.63, 3.8) is 0 Å². The van der Waals surface area contributed by atoms with Gasteiger partial charge < -0.3 is 19.6 Å². The Morgan fingerprint density at radius 1 is 1.43 bits per heavy atom. The molecule has 1 saturated heterocycles. The van der Waals surface area contributed by atoms with E-state index in [9.17, 15) is 9.59 Å². The van der Waals surface area contributed by atoms with Crippen LogP contribution in [0.4, 0.5) is 16.3 Å². The van der Waals surface area contributed by atoms with Crippen LogP contribution in [0.1, 0.15) is 6.92 Å². The molecule has 1 fully saturated rings. The maximum Gasteiger partial charge on any atom is 0.322 e. The molecule has 8 heteroatoms. The number of nitrogens with zero attached hydrogens (tertiary/aromatic N) is 3. The molecule has 1 aromatic rings. The van der Waals surface area contributed by atoms with Gasteiger partial charge in [0.25, 0.3) is 0 Å². The molecule has 2 N–H and O–H groups in total. The van der Waals surface area contributed by atoms with Gasteiger partial charge >= 0.3 is 12.0 Å². The number of hydrogen-bond donors (Lipinski definition) is 2. The van der Waals surface area contributed by atoms with Crippen LogP contribution in [0.15, 0.2) is 18.3 Å². The van der Waals surface area contributed by atoms with Gasteiger partial charge in [-0.15, -0.1) is 0 Å². The Kier molecular flexibility index (Phi) is 5.75. The maximum atomic E-state index is 12.0. The van der Waals surface area contributed by atoms with Crippen molar-refractivity contribution in [1.82, 2.24) is 9.88 Å². The molecule has 2 amide bonds. The van der Waals surface area contributed by atoms with Crippen molar-refractivity contribution >= 4 is 23.5 Å². The number of aliphatic carboxylic acids is 1. The van der Waals surface area contributed by atoms with E-state index in [4.69, 9.17) is 9.84 Å². The summed E-state index contributed by atoms with van der Waals surface area (Å²) in [4.78, 5) is 30.6. The molecule has 1 atom stereocenters. The Morgan fingerprint density at radius 2 is 2.13 bits per heavy atom. The fraction of sp³-hybridized carbons (Fsp3) is 0.533. The monoisotopic (exact) mass is 322 g/mol. The van der Waals surface area contributed by atoms with Crippen LogP contribution in [0.25, 0.3) is 0 Å². The van der Waals surface area contributed by atoms with Crippen LogP contribution in [0.2, 0.25) is 0 Å². The summed E-state index contributed by atoms with van der Waals surface area (Å²) in [5.41, 5.74) is 0.985. The van der Waals surface area contributed by atoms with Gasteiger partial charge in [0, 0.05) is 26.7 Å². The quantitative estimate of drug-likeness (QED) is 0.843. The first-order chi connectivity index (χ1) is 11.0. The summed E-state index contributed by atoms with van der Waals surface area (Å²) in [6, 6.07) is 3.25. The van der Waals surface area contributed by atoms with Crippen molar-refractivity contribution in [1.29, 1.82) is 0 Å². The number of amides is 2. The minimum absolute atomic E-state index is 0.132. The number of urea groups is 1. The first kappa shape index (κ1) is 17.0. The molecule has 0 saturated carbocycles. The number of ether oxygens (including phenoxy) is 1. The number of carboxylic acids is 1. The summed E-state index contributed by atoms with van der Waals surface area (Å²) < 4.78 is 5.31. The van der Waals surface area contributed by atoms with Gasteiger partial charge in [-0.2, -0.15) is 0 Å². The number of pyridine rings is 1. The summed E-state index contributed by atoms with van der Waals surface area (Å²) in [5, 5.41) is 11.5. The smallest absolute Gasteiger partial charge is 0.322 e. The van der Waals surface area contributed by atoms with Crippen molar-refractivity contribution in [2.24, 2.45) is 5.92 Å². The van der Waals surface area contributed by atoms with Gasteiger partial charge in [-0.1, -0.05) is 6.92 Å². The molecule has 1 aliphatic rings. The largest absolute Gasteiger partial charge is 0.481 e. The molecule has 1 aliphatic heterocycles. The highest BCUT2D eigenvalue weighted by atomic mass is 16.5. The van der Waals surface area contributed by atoms with Crippen LogP contribution in [0.3, 0.4) is 0 Å². The Morgan fingerprint density at radius 3 is 2.70 bits per heavy atom. The van der Waals surface area contributed by atoms with Crippen molar-refractivity contribution in [2.75, 3.05) is 50.1 Å². The van der Waals surface area contributed by atoms with Gasteiger partial charge in [0.2, 0.25) is 0 Å². The molecule has 23 heavy (non-hydrogen) atoms. The molecule has 0 spiro atoms. The van der Waals surface area contributed by atoms with Gasteiger partial charge in [0.15, 0.2) is 0 Å². The third-order valence-electron chi connectivity index (χ3n) is 3.68. The Hall–Kier alpha value is -2.35. The Labute approximate surface area is 135 Å². The summed E-state index contributed by atoms with van der Waals surface area (Å²) >= 11 is 0. The topological polar surface area (TPSA) is 95.0 Å². The number of hydrogen-bond acceptors (Lipinski definition) is 5. The zero-order valence-corrected chi connectivity index (χ0v) is 13.4. The molecular formula is C15H22N4O4. The van der Waals surface area contributed by atoms with Crippen LogP contribution in [0.5, 0.6) is 0 Å². The maximum absolute atomic E-state index is 12.0. The summed E-state index contributed by atoms with van der Waals surface area (Å²) in [6.07, 6.45) is 1.71. The second-order valence-corrected chi connectivity index (χ2v) is 5.55. The molecule has 1 unspecified atom stereocenters. The van der Waals surface area contributed by atoms with Crippen molar-refractivity contribution in [3.8, 4) is 0 Å². The van der Waals surface area contributed by atoms with E-state index in [-0.39, 0.29) is 12.6 Å². The summed E-state index contributed by atoms with van der Waals surface area (Å²) in [6.45, 7) is 4.73. The highest BCUT2D eigenvalue weighted by molar-refractivity contribution is 5.88. The highest BCUT2D eigenvalue weighted by Crippen LogP contribution is 2.16. The number of morpholine rings is 1. The molecule has 0 aliphatic carbocycles. The minimum Gasteiger partial charge on any atom is -0.481 e. The third kappa shape index (κ3) is 4.82. The van der Waals surface area contributed by atoms with Gasteiger partial charge in [0.05, 0.1) is 31.0 Å². The number of aromatic nitrogens is 1. The zero-order valence-electron chi connectivity index (χ0n) is 13.4. The number of carbonyl (C=O) groups excluding carboxylic acids is 1. The molecule has 2 rings (SSSR count). The van der Waals surface area contributed by atoms with Crippen LogP contribution in [0, 0.1) is 5.92 Å². The van der Waals surface area contributed by atoms with Gasteiger partial charge in [0.1, 0.15) is 5.82 Å². The fourth-order valence-electron chi connectivity index (χ4n) is 2.25. The Bertz CT molecular complexity index is 543. The predicted octanol–water partition coefficient (Wildman–Crippen LogP) is 1.10. The van der Waals surface area contributed by atoms with Crippen molar-refractivity contribution in [3.05, 3.63) is 18.3 Å². The van der Waals surface area contributed by atoms with E-state index in [1.54, 1.807) is 26.2 Å². The zero-order chi connectivity index (χ0) is 16.8. The second-order valence-electron chi connectivity index (χ2n) is 5.55. The van der Waals surface area contributed by atoms with E-state index < -0.39 is 11.9 Å². The molecule has 2 heterocycles.